The number of anilines is 1. The number of nitrogens with zero attached hydrogens (tertiary/aromatic N) is 2. The summed E-state index contributed by atoms with van der Waals surface area (Å²) in [5, 5.41) is 10.2. The van der Waals surface area contributed by atoms with Gasteiger partial charge < -0.3 is 9.84 Å². The first-order valence-electron chi connectivity index (χ1n) is 8.33. The van der Waals surface area contributed by atoms with E-state index in [1.807, 2.05) is 12.1 Å². The lowest BCUT2D eigenvalue weighted by atomic mass is 10.1. The molecule has 0 saturated heterocycles. The minimum absolute atomic E-state index is 0.00156. The molecule has 6 nitrogen and oxygen atoms in total. The fraction of sp³-hybridized carbons (Fsp3) is 0.0952. The van der Waals surface area contributed by atoms with Crippen molar-refractivity contribution in [1.82, 2.24) is 4.98 Å². The first-order valence-corrected chi connectivity index (χ1v) is 8.33. The van der Waals surface area contributed by atoms with Crippen LogP contribution in [-0.4, -0.2) is 22.0 Å². The Balaban J connectivity index is 1.93. The van der Waals surface area contributed by atoms with Crippen molar-refractivity contribution in [3.05, 3.63) is 84.2 Å². The van der Waals surface area contributed by atoms with Gasteiger partial charge in [0, 0.05) is 18.7 Å². The molecule has 3 aromatic rings. The van der Waals surface area contributed by atoms with E-state index >= 15 is 0 Å². The van der Waals surface area contributed by atoms with Crippen molar-refractivity contribution in [1.29, 1.82) is 0 Å². The number of ether oxygens (including phenoxy) is 1. The van der Waals surface area contributed by atoms with Gasteiger partial charge in [0.05, 0.1) is 17.9 Å². The molecular formula is C21H18N2O4. The lowest BCUT2D eigenvalue weighted by Crippen LogP contribution is -2.30. The fourth-order valence-electron chi connectivity index (χ4n) is 2.60. The van der Waals surface area contributed by atoms with Gasteiger partial charge in [0.2, 0.25) is 0 Å². The maximum absolute atomic E-state index is 13.1. The van der Waals surface area contributed by atoms with Crippen LogP contribution in [0.25, 0.3) is 0 Å². The van der Waals surface area contributed by atoms with Crippen LogP contribution in [0.1, 0.15) is 23.0 Å². The van der Waals surface area contributed by atoms with Gasteiger partial charge in [-0.15, -0.1) is 0 Å². The summed E-state index contributed by atoms with van der Waals surface area (Å²) in [6, 6.07) is 18.3. The fourth-order valence-corrected chi connectivity index (χ4v) is 2.60. The Morgan fingerprint density at radius 2 is 1.70 bits per heavy atom. The number of hydrogen-bond acceptors (Lipinski definition) is 5. The van der Waals surface area contributed by atoms with E-state index in [2.05, 4.69) is 4.98 Å². The van der Waals surface area contributed by atoms with Crippen molar-refractivity contribution in [2.75, 3.05) is 4.90 Å². The van der Waals surface area contributed by atoms with E-state index in [0.29, 0.717) is 22.7 Å². The number of pyridine rings is 1. The standard InChI is InChI=1S/C21H18N2O4/c1-15(24)27-18-11-9-16(10-12-18)21(26)23(14-17-6-4-5-13-22-17)19-7-2-3-8-20(19)25/h2-13,25H,14H2,1H3. The SMILES string of the molecule is CC(=O)Oc1ccc(C(=O)N(Cc2ccccn2)c2ccccc2O)cc1. The molecule has 0 fully saturated rings. The van der Waals surface area contributed by atoms with Gasteiger partial charge in [0.1, 0.15) is 11.5 Å². The molecule has 1 aromatic heterocycles. The summed E-state index contributed by atoms with van der Waals surface area (Å²) in [5.41, 5.74) is 1.47. The smallest absolute Gasteiger partial charge is 0.308 e. The minimum atomic E-state index is -0.430. The monoisotopic (exact) mass is 362 g/mol. The van der Waals surface area contributed by atoms with Gasteiger partial charge in [-0.3, -0.25) is 19.5 Å². The highest BCUT2D eigenvalue weighted by Gasteiger charge is 2.21. The molecule has 0 bridgehead atoms. The topological polar surface area (TPSA) is 79.7 Å². The lowest BCUT2D eigenvalue weighted by Gasteiger charge is -2.23. The third-order valence-corrected chi connectivity index (χ3v) is 3.83. The molecule has 1 N–H and O–H groups in total. The molecule has 6 heteroatoms. The summed E-state index contributed by atoms with van der Waals surface area (Å²) in [7, 11) is 0. The highest BCUT2D eigenvalue weighted by molar-refractivity contribution is 6.06. The molecule has 0 aliphatic rings. The summed E-state index contributed by atoms with van der Waals surface area (Å²) >= 11 is 0. The van der Waals surface area contributed by atoms with Crippen molar-refractivity contribution in [2.45, 2.75) is 13.5 Å². The molecule has 3 rings (SSSR count). The Bertz CT molecular complexity index is 940. The van der Waals surface area contributed by atoms with Crippen LogP contribution < -0.4 is 9.64 Å². The van der Waals surface area contributed by atoms with E-state index in [-0.39, 0.29) is 18.2 Å². The summed E-state index contributed by atoms with van der Waals surface area (Å²) in [5.74, 6) is -0.382. The van der Waals surface area contributed by atoms with Crippen molar-refractivity contribution < 1.29 is 19.4 Å². The van der Waals surface area contributed by atoms with Crippen LogP contribution in [0.15, 0.2) is 72.9 Å². The zero-order valence-corrected chi connectivity index (χ0v) is 14.7. The molecule has 0 atom stereocenters. The molecule has 0 spiro atoms. The van der Waals surface area contributed by atoms with Gasteiger partial charge in [-0.05, 0) is 48.5 Å². The third-order valence-electron chi connectivity index (χ3n) is 3.83. The number of hydrogen-bond donors (Lipinski definition) is 1. The van der Waals surface area contributed by atoms with Crippen LogP contribution in [-0.2, 0) is 11.3 Å². The largest absolute Gasteiger partial charge is 0.506 e. The lowest BCUT2D eigenvalue weighted by molar-refractivity contribution is -0.131. The number of carbonyl (C=O) groups is 2. The van der Waals surface area contributed by atoms with Crippen molar-refractivity contribution >= 4 is 17.6 Å². The molecule has 1 amide bonds. The molecule has 0 saturated carbocycles. The zero-order valence-electron chi connectivity index (χ0n) is 14.7. The maximum Gasteiger partial charge on any atom is 0.308 e. The Morgan fingerprint density at radius 1 is 1.00 bits per heavy atom. The predicted molar refractivity (Wildman–Crippen MR) is 101 cm³/mol. The number of esters is 1. The normalized spacial score (nSPS) is 10.3. The number of carbonyl (C=O) groups excluding carboxylic acids is 2. The number of rotatable bonds is 5. The van der Waals surface area contributed by atoms with Crippen molar-refractivity contribution in [2.24, 2.45) is 0 Å². The second-order valence-corrected chi connectivity index (χ2v) is 5.82. The first-order chi connectivity index (χ1) is 13.0. The molecule has 1 heterocycles. The van der Waals surface area contributed by atoms with E-state index < -0.39 is 5.97 Å². The van der Waals surface area contributed by atoms with Gasteiger partial charge in [-0.1, -0.05) is 18.2 Å². The van der Waals surface area contributed by atoms with E-state index in [4.69, 9.17) is 4.74 Å². The highest BCUT2D eigenvalue weighted by atomic mass is 16.5. The van der Waals surface area contributed by atoms with E-state index in [9.17, 15) is 14.7 Å². The number of phenolic OH excluding ortho intramolecular Hbond substituents is 1. The van der Waals surface area contributed by atoms with Gasteiger partial charge in [-0.25, -0.2) is 0 Å². The van der Waals surface area contributed by atoms with E-state index in [1.165, 1.54) is 17.9 Å². The summed E-state index contributed by atoms with van der Waals surface area (Å²) in [6.45, 7) is 1.51. The molecule has 2 aromatic carbocycles. The Labute approximate surface area is 156 Å². The number of aromatic nitrogens is 1. The average Bonchev–Trinajstić information content (AvgIpc) is 2.67. The maximum atomic E-state index is 13.1. The van der Waals surface area contributed by atoms with E-state index in [1.54, 1.807) is 54.7 Å². The van der Waals surface area contributed by atoms with E-state index in [0.717, 1.165) is 0 Å². The molecule has 136 valence electrons. The molecule has 0 aliphatic carbocycles. The van der Waals surface area contributed by atoms with Crippen LogP contribution in [0.2, 0.25) is 0 Å². The van der Waals surface area contributed by atoms with Gasteiger partial charge in [-0.2, -0.15) is 0 Å². The molecule has 0 radical (unpaired) electrons. The van der Waals surface area contributed by atoms with Gasteiger partial charge in [0.25, 0.3) is 5.91 Å². The Morgan fingerprint density at radius 3 is 2.33 bits per heavy atom. The zero-order chi connectivity index (χ0) is 19.2. The second kappa shape index (κ2) is 8.14. The number of amides is 1. The summed E-state index contributed by atoms with van der Waals surface area (Å²) < 4.78 is 5.00. The number of phenols is 1. The van der Waals surface area contributed by atoms with Gasteiger partial charge in [0.15, 0.2) is 0 Å². The summed E-state index contributed by atoms with van der Waals surface area (Å²) in [4.78, 5) is 29.9. The van der Waals surface area contributed by atoms with Crippen LogP contribution in [0.3, 0.4) is 0 Å². The summed E-state index contributed by atoms with van der Waals surface area (Å²) in [6.07, 6.45) is 1.65. The number of benzene rings is 2. The van der Waals surface area contributed by atoms with Crippen LogP contribution in [0.5, 0.6) is 11.5 Å². The van der Waals surface area contributed by atoms with Crippen molar-refractivity contribution in [3.63, 3.8) is 0 Å². The Kier molecular flexibility index (Phi) is 5.47. The number of para-hydroxylation sites is 2. The van der Waals surface area contributed by atoms with Crippen molar-refractivity contribution in [3.8, 4) is 11.5 Å². The quantitative estimate of drug-likeness (QED) is 0.554. The number of aromatic hydroxyl groups is 1. The average molecular weight is 362 g/mol. The predicted octanol–water partition coefficient (Wildman–Crippen LogP) is 3.56. The van der Waals surface area contributed by atoms with Crippen LogP contribution in [0.4, 0.5) is 5.69 Å². The molecular weight excluding hydrogens is 344 g/mol. The van der Waals surface area contributed by atoms with Gasteiger partial charge >= 0.3 is 5.97 Å². The van der Waals surface area contributed by atoms with Crippen LogP contribution >= 0.6 is 0 Å². The molecule has 0 unspecified atom stereocenters. The third kappa shape index (κ3) is 4.49. The minimum Gasteiger partial charge on any atom is -0.506 e. The van der Waals surface area contributed by atoms with Crippen LogP contribution in [0, 0.1) is 0 Å². The Hall–Kier alpha value is -3.67. The molecule has 0 aliphatic heterocycles. The second-order valence-electron chi connectivity index (χ2n) is 5.82. The highest BCUT2D eigenvalue weighted by Crippen LogP contribution is 2.29. The molecule has 27 heavy (non-hydrogen) atoms. The first kappa shape index (κ1) is 18.1.